The van der Waals surface area contributed by atoms with Gasteiger partial charge in [0.15, 0.2) is 0 Å². The van der Waals surface area contributed by atoms with Crippen molar-refractivity contribution in [1.82, 2.24) is 16.0 Å². The number of alkyl carbamates (subject to hydrolysis) is 1. The molecule has 0 saturated heterocycles. The van der Waals surface area contributed by atoms with Crippen molar-refractivity contribution < 1.29 is 73.3 Å². The summed E-state index contributed by atoms with van der Waals surface area (Å²) >= 11 is 0. The summed E-state index contributed by atoms with van der Waals surface area (Å²) in [7, 11) is 0. The number of ether oxygens (including phenoxy) is 3. The van der Waals surface area contributed by atoms with Gasteiger partial charge in [0.2, 0.25) is 0 Å². The van der Waals surface area contributed by atoms with E-state index in [1.165, 1.54) is 0 Å². The van der Waals surface area contributed by atoms with E-state index in [1.807, 2.05) is 97.0 Å². The summed E-state index contributed by atoms with van der Waals surface area (Å²) in [5.74, 6) is -5.14. The van der Waals surface area contributed by atoms with Crippen molar-refractivity contribution in [2.45, 2.75) is 157 Å². The lowest BCUT2D eigenvalue weighted by molar-refractivity contribution is -0.154. The van der Waals surface area contributed by atoms with E-state index >= 15 is 0 Å². The number of amides is 1. The molecule has 2 atom stereocenters. The van der Waals surface area contributed by atoms with Crippen LogP contribution < -0.4 is 21.7 Å². The summed E-state index contributed by atoms with van der Waals surface area (Å²) in [4.78, 5) is 75.9. The number of hydrogen-bond acceptors (Lipinski definition) is 14. The van der Waals surface area contributed by atoms with Crippen molar-refractivity contribution in [3.63, 3.8) is 0 Å². The van der Waals surface area contributed by atoms with Gasteiger partial charge >= 0.3 is 41.9 Å². The number of hydrogen-bond donors (Lipinski definition) is 9. The van der Waals surface area contributed by atoms with Gasteiger partial charge < -0.3 is 61.4 Å². The molecule has 1 aliphatic carbocycles. The van der Waals surface area contributed by atoms with Gasteiger partial charge in [-0.05, 0) is 122 Å². The Labute approximate surface area is 401 Å². The normalized spacial score (nSPS) is 12.6. The number of nitrogens with one attached hydrogen (secondary N) is 3. The van der Waals surface area contributed by atoms with Crippen LogP contribution in [0.2, 0.25) is 0 Å². The molecule has 0 bridgehead atoms. The number of aliphatic carboxylic acids is 4. The topological polar surface area (TPSA) is 310 Å². The second-order valence-corrected chi connectivity index (χ2v) is 19.8. The van der Waals surface area contributed by atoms with Gasteiger partial charge in [-0.25, -0.2) is 9.59 Å². The molecule has 0 unspecified atom stereocenters. The maximum absolute atomic E-state index is 12.0. The second kappa shape index (κ2) is 31.4. The molecule has 0 radical (unpaired) electrons. The maximum atomic E-state index is 12.0. The number of nitrogens with two attached hydrogens (primary N) is 1. The Morgan fingerprint density at radius 3 is 1.43 bits per heavy atom. The van der Waals surface area contributed by atoms with Gasteiger partial charge in [0.25, 0.3) is 0 Å². The smallest absolute Gasteiger partial charge is 0.407 e. The lowest BCUT2D eigenvalue weighted by atomic mass is 9.92. The first kappa shape index (κ1) is 64.5. The van der Waals surface area contributed by atoms with Gasteiger partial charge in [-0.15, -0.1) is 0 Å². The predicted molar refractivity (Wildman–Crippen MR) is 258 cm³/mol. The molecule has 0 fully saturated rings. The highest BCUT2D eigenvalue weighted by Gasteiger charge is 2.30. The van der Waals surface area contributed by atoms with E-state index in [1.54, 1.807) is 20.8 Å². The number of carboxylic acid groups (broad SMARTS) is 4. The van der Waals surface area contributed by atoms with Gasteiger partial charge in [0.05, 0.1) is 18.7 Å². The molecular formula is C49H80N4O15. The Morgan fingerprint density at radius 1 is 0.647 bits per heavy atom. The minimum absolute atomic E-state index is 0.0231. The van der Waals surface area contributed by atoms with E-state index in [2.05, 4.69) is 36.7 Å². The summed E-state index contributed by atoms with van der Waals surface area (Å²) in [6, 6.07) is 13.4. The lowest BCUT2D eigenvalue weighted by Gasteiger charge is -2.21. The van der Waals surface area contributed by atoms with Crippen LogP contribution in [0.15, 0.2) is 48.5 Å². The molecule has 3 rings (SSSR count). The van der Waals surface area contributed by atoms with Crippen molar-refractivity contribution in [3.8, 4) is 11.1 Å². The SMILES string of the molecule is CC(C)(C)CCNCC(=O)OC(C)(C)C.CC(C)(C)O.CCNCC(=O)OC(C)(C)C.N[C@@H](CCC(=O)O)C(=O)O.O=C(O)CC[C@H](NC(=O)OCC1c2ccccc2-c2ccccc21)C(=O)O. The average molecular weight is 965 g/mol. The van der Waals surface area contributed by atoms with E-state index in [-0.39, 0.29) is 61.3 Å². The van der Waals surface area contributed by atoms with E-state index in [4.69, 9.17) is 45.5 Å². The van der Waals surface area contributed by atoms with Crippen LogP contribution in [0.4, 0.5) is 4.79 Å². The van der Waals surface area contributed by atoms with Crippen LogP contribution in [-0.4, -0.2) is 129 Å². The molecule has 0 aliphatic heterocycles. The molecule has 0 aromatic heterocycles. The number of benzene rings is 2. The minimum atomic E-state index is -1.31. The third-order valence-electron chi connectivity index (χ3n) is 8.25. The quantitative estimate of drug-likeness (QED) is 0.0458. The highest BCUT2D eigenvalue weighted by Crippen LogP contribution is 2.44. The third-order valence-corrected chi connectivity index (χ3v) is 8.25. The van der Waals surface area contributed by atoms with Crippen LogP contribution in [0.1, 0.15) is 139 Å². The number of carboxylic acids is 4. The molecule has 0 heterocycles. The van der Waals surface area contributed by atoms with Crippen LogP contribution in [0.3, 0.4) is 0 Å². The molecule has 19 nitrogen and oxygen atoms in total. The number of aliphatic hydroxyl groups is 1. The Balaban J connectivity index is 0. The van der Waals surface area contributed by atoms with Gasteiger partial charge in [-0.2, -0.15) is 0 Å². The standard InChI is InChI=1S/C20H19NO6.C12H25NO2.C8H17NO2.C5H9NO4.C4H10O/c22-18(23)10-9-17(19(24)25)21-20(26)27-11-16-14-7-3-1-5-12(14)13-6-2-4-8-15(13)16;1-11(2,3)7-8-13-9-10(14)15-12(4,5)6;1-5-9-6-7(10)11-8(2,3)4;6-3(5(9)10)1-2-4(7)8;1-4(2,3)5/h1-8,16-17H,9-11H2,(H,21,26)(H,22,23)(H,24,25);13H,7-9H2,1-6H3;9H,5-6H2,1-4H3;3H,1-2,6H2,(H,7,8)(H,9,10);5H,1-3H3/t17-;;;3-;/m0..0./s1. The molecule has 10 N–H and O–H groups in total. The fourth-order valence-corrected chi connectivity index (χ4v) is 5.35. The highest BCUT2D eigenvalue weighted by atomic mass is 16.6. The zero-order valence-electron chi connectivity index (χ0n) is 42.3. The third kappa shape index (κ3) is 35.5. The Morgan fingerprint density at radius 2 is 1.06 bits per heavy atom. The fourth-order valence-electron chi connectivity index (χ4n) is 5.35. The Bertz CT molecular complexity index is 1820. The number of fused-ring (bicyclic) bond motifs is 3. The van der Waals surface area contributed by atoms with Crippen LogP contribution in [0, 0.1) is 5.41 Å². The highest BCUT2D eigenvalue weighted by molar-refractivity contribution is 5.81. The van der Waals surface area contributed by atoms with E-state index < -0.39 is 47.7 Å². The largest absolute Gasteiger partial charge is 0.481 e. The minimum Gasteiger partial charge on any atom is -0.481 e. The molecule has 0 spiro atoms. The Hall–Kier alpha value is -5.63. The first-order valence-electron chi connectivity index (χ1n) is 22.4. The van der Waals surface area contributed by atoms with Crippen molar-refractivity contribution in [2.75, 3.05) is 32.8 Å². The van der Waals surface area contributed by atoms with Crippen LogP contribution in [0.5, 0.6) is 0 Å². The molecule has 19 heteroatoms. The number of carbonyl (C=O) groups is 7. The lowest BCUT2D eigenvalue weighted by Crippen LogP contribution is -2.41. The van der Waals surface area contributed by atoms with Gasteiger partial charge in [-0.3, -0.25) is 24.0 Å². The molecule has 0 saturated carbocycles. The zero-order valence-corrected chi connectivity index (χ0v) is 42.3. The summed E-state index contributed by atoms with van der Waals surface area (Å²) < 4.78 is 15.5. The van der Waals surface area contributed by atoms with Crippen LogP contribution in [0.25, 0.3) is 11.1 Å². The van der Waals surface area contributed by atoms with Gasteiger partial charge in [-0.1, -0.05) is 76.2 Å². The molecule has 2 aromatic rings. The average Bonchev–Trinajstić information content (AvgIpc) is 3.50. The van der Waals surface area contributed by atoms with Crippen molar-refractivity contribution >= 4 is 41.9 Å². The first-order valence-corrected chi connectivity index (χ1v) is 22.4. The number of carbonyl (C=O) groups excluding carboxylic acids is 3. The Kier molecular flexibility index (Phi) is 29.8. The monoisotopic (exact) mass is 965 g/mol. The zero-order chi connectivity index (χ0) is 53.1. The molecule has 68 heavy (non-hydrogen) atoms. The summed E-state index contributed by atoms with van der Waals surface area (Å²) in [5.41, 5.74) is 8.33. The number of likely N-dealkylation sites (N-methyl/N-ethyl adjacent to an activating group) is 1. The molecule has 1 aliphatic rings. The molecule has 1 amide bonds. The molecule has 386 valence electrons. The fraction of sp³-hybridized carbons (Fsp3) is 0.612. The van der Waals surface area contributed by atoms with E-state index in [0.717, 1.165) is 41.8 Å². The first-order chi connectivity index (χ1) is 31.1. The summed E-state index contributed by atoms with van der Waals surface area (Å²) in [5, 5.41) is 50.8. The van der Waals surface area contributed by atoms with E-state index in [9.17, 15) is 33.6 Å². The van der Waals surface area contributed by atoms with Crippen LogP contribution in [-0.2, 0) is 43.0 Å². The number of rotatable bonds is 18. The van der Waals surface area contributed by atoms with Crippen LogP contribution >= 0.6 is 0 Å². The summed E-state index contributed by atoms with van der Waals surface area (Å²) in [6.07, 6.45) is -0.627. The summed E-state index contributed by atoms with van der Waals surface area (Å²) in [6.45, 7) is 27.2. The van der Waals surface area contributed by atoms with E-state index in [0.29, 0.717) is 18.5 Å². The predicted octanol–water partition coefficient (Wildman–Crippen LogP) is 6.17. The molecular weight excluding hydrogens is 885 g/mol. The van der Waals surface area contributed by atoms with Gasteiger partial charge in [0, 0.05) is 18.8 Å². The van der Waals surface area contributed by atoms with Crippen molar-refractivity contribution in [1.29, 1.82) is 0 Å². The van der Waals surface area contributed by atoms with Crippen molar-refractivity contribution in [3.05, 3.63) is 59.7 Å². The maximum Gasteiger partial charge on any atom is 0.407 e. The molecule has 2 aromatic carbocycles. The number of esters is 2. The van der Waals surface area contributed by atoms with Gasteiger partial charge in [0.1, 0.15) is 29.9 Å². The van der Waals surface area contributed by atoms with Crippen molar-refractivity contribution in [2.24, 2.45) is 11.1 Å². The second-order valence-electron chi connectivity index (χ2n) is 19.8.